The van der Waals surface area contributed by atoms with Gasteiger partial charge >= 0.3 is 0 Å². The number of ether oxygens (including phenoxy) is 1. The van der Waals surface area contributed by atoms with Crippen LogP contribution in [-0.4, -0.2) is 50.4 Å². The molecule has 1 fully saturated rings. The second kappa shape index (κ2) is 7.37. The quantitative estimate of drug-likeness (QED) is 0.722. The number of hydrogen-bond donors (Lipinski definition) is 0. The third-order valence-corrected chi connectivity index (χ3v) is 4.22. The SMILES string of the molecule is O=C(c1cccnc1)N1CCO[C@H](c2cccc(-c3cncnc3)n2)C1. The van der Waals surface area contributed by atoms with Gasteiger partial charge in [0, 0.05) is 36.9 Å². The molecule has 0 saturated carbocycles. The van der Waals surface area contributed by atoms with Crippen molar-refractivity contribution in [3.63, 3.8) is 0 Å². The lowest BCUT2D eigenvalue weighted by molar-refractivity contribution is -0.0246. The number of pyridine rings is 2. The van der Waals surface area contributed by atoms with Gasteiger partial charge in [-0.3, -0.25) is 9.78 Å². The van der Waals surface area contributed by atoms with Crippen LogP contribution in [0.15, 0.2) is 61.4 Å². The molecule has 0 radical (unpaired) electrons. The molecule has 1 atom stereocenters. The Balaban J connectivity index is 1.54. The molecule has 26 heavy (non-hydrogen) atoms. The highest BCUT2D eigenvalue weighted by molar-refractivity contribution is 5.93. The molecule has 7 heteroatoms. The molecule has 3 aromatic heterocycles. The molecular formula is C19H17N5O2. The zero-order valence-electron chi connectivity index (χ0n) is 14.0. The van der Waals surface area contributed by atoms with Crippen LogP contribution >= 0.6 is 0 Å². The fraction of sp³-hybridized carbons (Fsp3) is 0.211. The molecule has 7 nitrogen and oxygen atoms in total. The molecule has 3 aromatic rings. The monoisotopic (exact) mass is 347 g/mol. The molecule has 4 rings (SSSR count). The predicted molar refractivity (Wildman–Crippen MR) is 94.1 cm³/mol. The van der Waals surface area contributed by atoms with Gasteiger partial charge in [0.15, 0.2) is 0 Å². The van der Waals surface area contributed by atoms with Gasteiger partial charge in [-0.15, -0.1) is 0 Å². The molecule has 0 spiro atoms. The number of morpholine rings is 1. The van der Waals surface area contributed by atoms with Crippen LogP contribution in [0.3, 0.4) is 0 Å². The Morgan fingerprint density at radius 1 is 1.08 bits per heavy atom. The number of hydrogen-bond acceptors (Lipinski definition) is 6. The van der Waals surface area contributed by atoms with Crippen LogP contribution in [0.2, 0.25) is 0 Å². The van der Waals surface area contributed by atoms with Crippen LogP contribution in [0.4, 0.5) is 0 Å². The van der Waals surface area contributed by atoms with Crippen LogP contribution in [-0.2, 0) is 4.74 Å². The standard InChI is InChI=1S/C19H17N5O2/c25-19(14-3-2-6-20-9-14)24-7-8-26-18(12-24)17-5-1-4-16(23-17)15-10-21-13-22-11-15/h1-6,9-11,13,18H,7-8,12H2/t18-/m0/s1. The molecule has 1 saturated heterocycles. The van der Waals surface area contributed by atoms with Gasteiger partial charge in [-0.25, -0.2) is 15.0 Å². The van der Waals surface area contributed by atoms with Crippen LogP contribution < -0.4 is 0 Å². The van der Waals surface area contributed by atoms with Crippen molar-refractivity contribution in [2.24, 2.45) is 0 Å². The first kappa shape index (κ1) is 16.3. The summed E-state index contributed by atoms with van der Waals surface area (Å²) in [5.41, 5.74) is 2.99. The van der Waals surface area contributed by atoms with E-state index in [-0.39, 0.29) is 12.0 Å². The zero-order chi connectivity index (χ0) is 17.8. The van der Waals surface area contributed by atoms with Gasteiger partial charge in [-0.05, 0) is 24.3 Å². The first-order chi connectivity index (χ1) is 12.8. The van der Waals surface area contributed by atoms with Crippen molar-refractivity contribution in [3.8, 4) is 11.3 Å². The third-order valence-electron chi connectivity index (χ3n) is 4.22. The molecule has 1 amide bonds. The van der Waals surface area contributed by atoms with E-state index in [1.54, 1.807) is 41.8 Å². The van der Waals surface area contributed by atoms with Crippen molar-refractivity contribution in [2.75, 3.05) is 19.7 Å². The number of nitrogens with zero attached hydrogens (tertiary/aromatic N) is 5. The van der Waals surface area contributed by atoms with Crippen molar-refractivity contribution in [1.29, 1.82) is 0 Å². The summed E-state index contributed by atoms with van der Waals surface area (Å²) in [6.07, 6.45) is 7.90. The van der Waals surface area contributed by atoms with E-state index in [1.807, 2.05) is 18.2 Å². The largest absolute Gasteiger partial charge is 0.368 e. The van der Waals surface area contributed by atoms with Gasteiger partial charge in [0.25, 0.3) is 5.91 Å². The summed E-state index contributed by atoms with van der Waals surface area (Å²) >= 11 is 0. The lowest BCUT2D eigenvalue weighted by Gasteiger charge is -2.32. The van der Waals surface area contributed by atoms with Gasteiger partial charge < -0.3 is 9.64 Å². The second-order valence-electron chi connectivity index (χ2n) is 5.93. The van der Waals surface area contributed by atoms with Crippen molar-refractivity contribution in [3.05, 3.63) is 72.7 Å². The van der Waals surface area contributed by atoms with Gasteiger partial charge in [0.1, 0.15) is 12.4 Å². The minimum atomic E-state index is -0.269. The van der Waals surface area contributed by atoms with Crippen LogP contribution in [0.5, 0.6) is 0 Å². The maximum Gasteiger partial charge on any atom is 0.255 e. The highest BCUT2D eigenvalue weighted by Crippen LogP contribution is 2.24. The van der Waals surface area contributed by atoms with Gasteiger partial charge in [-0.2, -0.15) is 0 Å². The summed E-state index contributed by atoms with van der Waals surface area (Å²) < 4.78 is 5.87. The molecule has 1 aliphatic rings. The Morgan fingerprint density at radius 3 is 2.77 bits per heavy atom. The Kier molecular flexibility index (Phi) is 4.61. The molecule has 4 heterocycles. The predicted octanol–water partition coefficient (Wildman–Crippen LogP) is 2.15. The highest BCUT2D eigenvalue weighted by atomic mass is 16.5. The summed E-state index contributed by atoms with van der Waals surface area (Å²) in [7, 11) is 0. The summed E-state index contributed by atoms with van der Waals surface area (Å²) in [4.78, 5) is 31.2. The number of aromatic nitrogens is 4. The smallest absolute Gasteiger partial charge is 0.255 e. The van der Waals surface area contributed by atoms with E-state index in [0.29, 0.717) is 25.3 Å². The average Bonchev–Trinajstić information content (AvgIpc) is 2.75. The van der Waals surface area contributed by atoms with Gasteiger partial charge in [0.05, 0.1) is 30.1 Å². The minimum absolute atomic E-state index is 0.0426. The van der Waals surface area contributed by atoms with Crippen molar-refractivity contribution in [2.45, 2.75) is 6.10 Å². The third kappa shape index (κ3) is 3.43. The maximum atomic E-state index is 12.7. The first-order valence-electron chi connectivity index (χ1n) is 8.34. The molecular weight excluding hydrogens is 330 g/mol. The normalized spacial score (nSPS) is 17.1. The summed E-state index contributed by atoms with van der Waals surface area (Å²) in [5, 5.41) is 0. The van der Waals surface area contributed by atoms with E-state index in [1.165, 1.54) is 6.33 Å². The molecule has 0 aliphatic carbocycles. The molecule has 0 unspecified atom stereocenters. The van der Waals surface area contributed by atoms with E-state index in [9.17, 15) is 4.79 Å². The van der Waals surface area contributed by atoms with E-state index < -0.39 is 0 Å². The summed E-state index contributed by atoms with van der Waals surface area (Å²) in [5.74, 6) is -0.0426. The van der Waals surface area contributed by atoms with E-state index in [2.05, 4.69) is 19.9 Å². The Bertz CT molecular complexity index is 889. The number of amides is 1. The van der Waals surface area contributed by atoms with Crippen LogP contribution in [0, 0.1) is 0 Å². The Morgan fingerprint density at radius 2 is 1.96 bits per heavy atom. The first-order valence-corrected chi connectivity index (χ1v) is 8.34. The van der Waals surface area contributed by atoms with Crippen molar-refractivity contribution >= 4 is 5.91 Å². The molecule has 0 aromatic carbocycles. The fourth-order valence-corrected chi connectivity index (χ4v) is 2.91. The minimum Gasteiger partial charge on any atom is -0.368 e. The molecule has 0 N–H and O–H groups in total. The Hall–Kier alpha value is -3.19. The topological polar surface area (TPSA) is 81.1 Å². The number of rotatable bonds is 3. The second-order valence-corrected chi connectivity index (χ2v) is 5.93. The highest BCUT2D eigenvalue weighted by Gasteiger charge is 2.27. The van der Waals surface area contributed by atoms with E-state index in [4.69, 9.17) is 4.74 Å². The molecule has 0 bridgehead atoms. The molecule has 1 aliphatic heterocycles. The van der Waals surface area contributed by atoms with Gasteiger partial charge in [-0.1, -0.05) is 6.07 Å². The van der Waals surface area contributed by atoms with Gasteiger partial charge in [0.2, 0.25) is 0 Å². The van der Waals surface area contributed by atoms with Crippen molar-refractivity contribution in [1.82, 2.24) is 24.8 Å². The zero-order valence-corrected chi connectivity index (χ0v) is 14.0. The number of carbonyl (C=O) groups is 1. The molecule has 130 valence electrons. The van der Waals surface area contributed by atoms with Crippen LogP contribution in [0.1, 0.15) is 22.2 Å². The van der Waals surface area contributed by atoms with Crippen molar-refractivity contribution < 1.29 is 9.53 Å². The van der Waals surface area contributed by atoms with E-state index >= 15 is 0 Å². The van der Waals surface area contributed by atoms with E-state index in [0.717, 1.165) is 17.0 Å². The Labute approximate surface area is 150 Å². The summed E-state index contributed by atoms with van der Waals surface area (Å²) in [6, 6.07) is 9.28. The lowest BCUT2D eigenvalue weighted by atomic mass is 10.1. The average molecular weight is 347 g/mol. The maximum absolute atomic E-state index is 12.7. The fourth-order valence-electron chi connectivity index (χ4n) is 2.91. The summed E-state index contributed by atoms with van der Waals surface area (Å²) in [6.45, 7) is 1.48. The number of carbonyl (C=O) groups excluding carboxylic acids is 1. The lowest BCUT2D eigenvalue weighted by Crippen LogP contribution is -2.42. The van der Waals surface area contributed by atoms with Crippen LogP contribution in [0.25, 0.3) is 11.3 Å².